The van der Waals surface area contributed by atoms with Crippen molar-refractivity contribution in [3.63, 3.8) is 0 Å². The molecule has 3 aromatic carbocycles. The predicted octanol–water partition coefficient (Wildman–Crippen LogP) is 6.62. The molecule has 0 bridgehead atoms. The molecule has 0 radical (unpaired) electrons. The lowest BCUT2D eigenvalue weighted by Crippen LogP contribution is -2.12. The van der Waals surface area contributed by atoms with Crippen molar-refractivity contribution in [3.05, 3.63) is 114 Å². The quantitative estimate of drug-likeness (QED) is 0.366. The number of benzene rings is 3. The molecular weight excluding hydrogens is 406 g/mol. The molecule has 0 fully saturated rings. The van der Waals surface area contributed by atoms with Crippen molar-refractivity contribution in [1.29, 1.82) is 0 Å². The van der Waals surface area contributed by atoms with E-state index in [-0.39, 0.29) is 6.10 Å². The van der Waals surface area contributed by atoms with Gasteiger partial charge in [-0.05, 0) is 35.6 Å². The van der Waals surface area contributed by atoms with Crippen LogP contribution < -0.4 is 4.74 Å². The second-order valence-electron chi connectivity index (χ2n) is 8.31. The van der Waals surface area contributed by atoms with E-state index in [2.05, 4.69) is 42.5 Å². The Balaban J connectivity index is 1.49. The van der Waals surface area contributed by atoms with Crippen LogP contribution in [0.25, 0.3) is 28.3 Å². The molecule has 0 spiro atoms. The summed E-state index contributed by atoms with van der Waals surface area (Å²) >= 11 is 0. The van der Waals surface area contributed by atoms with Crippen molar-refractivity contribution in [2.45, 2.75) is 25.4 Å². The van der Waals surface area contributed by atoms with Crippen molar-refractivity contribution in [1.82, 2.24) is 15.0 Å². The fourth-order valence-electron chi connectivity index (χ4n) is 4.44. The Hall–Kier alpha value is -4.05. The van der Waals surface area contributed by atoms with E-state index in [4.69, 9.17) is 19.7 Å². The third-order valence-electron chi connectivity index (χ3n) is 6.09. The minimum atomic E-state index is -0.229. The molecular formula is C29H23N3O. The summed E-state index contributed by atoms with van der Waals surface area (Å²) in [6.45, 7) is 0. The Bertz CT molecular complexity index is 1350. The summed E-state index contributed by atoms with van der Waals surface area (Å²) in [5.74, 6) is 2.91. The first-order valence-corrected chi connectivity index (χ1v) is 11.4. The summed E-state index contributed by atoms with van der Waals surface area (Å²) in [6.07, 6.45) is 9.36. The Morgan fingerprint density at radius 2 is 1.45 bits per heavy atom. The lowest BCUT2D eigenvalue weighted by molar-refractivity contribution is 0.227. The molecule has 0 amide bonds. The van der Waals surface area contributed by atoms with Crippen molar-refractivity contribution < 1.29 is 4.74 Å². The predicted molar refractivity (Wildman–Crippen MR) is 131 cm³/mol. The monoisotopic (exact) mass is 429 g/mol. The Kier molecular flexibility index (Phi) is 5.04. The molecule has 2 heterocycles. The topological polar surface area (TPSA) is 47.9 Å². The van der Waals surface area contributed by atoms with Crippen molar-refractivity contribution in [3.8, 4) is 28.5 Å². The van der Waals surface area contributed by atoms with Crippen LogP contribution in [0.1, 0.15) is 35.9 Å². The zero-order valence-electron chi connectivity index (χ0n) is 18.2. The van der Waals surface area contributed by atoms with E-state index in [1.165, 1.54) is 11.1 Å². The molecule has 160 valence electrons. The smallest absolute Gasteiger partial charge is 0.174 e. The van der Waals surface area contributed by atoms with E-state index < -0.39 is 0 Å². The molecule has 1 unspecified atom stereocenters. The molecule has 2 aliphatic rings. The number of aromatic nitrogens is 3. The van der Waals surface area contributed by atoms with Crippen LogP contribution in [0.5, 0.6) is 5.75 Å². The first kappa shape index (κ1) is 19.6. The van der Waals surface area contributed by atoms with Crippen LogP contribution in [0.2, 0.25) is 0 Å². The third kappa shape index (κ3) is 3.85. The molecule has 0 saturated carbocycles. The highest BCUT2D eigenvalue weighted by atomic mass is 16.5. The summed E-state index contributed by atoms with van der Waals surface area (Å²) in [6, 6.07) is 26.6. The lowest BCUT2D eigenvalue weighted by atomic mass is 9.95. The largest absolute Gasteiger partial charge is 0.482 e. The average molecular weight is 430 g/mol. The zero-order valence-corrected chi connectivity index (χ0v) is 18.2. The lowest BCUT2D eigenvalue weighted by Gasteiger charge is -2.15. The number of hydrogen-bond acceptors (Lipinski definition) is 4. The molecule has 4 aromatic rings. The first-order chi connectivity index (χ1) is 16.3. The number of allylic oxidation sites excluding steroid dienone is 4. The van der Waals surface area contributed by atoms with Crippen LogP contribution in [-0.2, 0) is 6.42 Å². The van der Waals surface area contributed by atoms with Gasteiger partial charge in [0.05, 0.1) is 0 Å². The zero-order chi connectivity index (χ0) is 22.0. The van der Waals surface area contributed by atoms with Gasteiger partial charge in [0.2, 0.25) is 0 Å². The summed E-state index contributed by atoms with van der Waals surface area (Å²) in [4.78, 5) is 14.7. The first-order valence-electron chi connectivity index (χ1n) is 11.4. The minimum Gasteiger partial charge on any atom is -0.482 e. The van der Waals surface area contributed by atoms with E-state index in [1.54, 1.807) is 0 Å². The van der Waals surface area contributed by atoms with Gasteiger partial charge in [-0.15, -0.1) is 0 Å². The highest BCUT2D eigenvalue weighted by molar-refractivity contribution is 5.84. The van der Waals surface area contributed by atoms with Gasteiger partial charge >= 0.3 is 0 Å². The number of para-hydroxylation sites is 1. The molecule has 4 nitrogen and oxygen atoms in total. The molecule has 6 rings (SSSR count). The van der Waals surface area contributed by atoms with Crippen LogP contribution in [-0.4, -0.2) is 15.0 Å². The number of ether oxygens (including phenoxy) is 1. The maximum Gasteiger partial charge on any atom is 0.174 e. The van der Waals surface area contributed by atoms with Crippen molar-refractivity contribution in [2.75, 3.05) is 0 Å². The second-order valence-corrected chi connectivity index (χ2v) is 8.31. The molecule has 1 aliphatic heterocycles. The van der Waals surface area contributed by atoms with Crippen LogP contribution in [0.15, 0.2) is 97.1 Å². The highest BCUT2D eigenvalue weighted by Crippen LogP contribution is 2.37. The highest BCUT2D eigenvalue weighted by Gasteiger charge is 2.28. The Morgan fingerprint density at radius 1 is 0.697 bits per heavy atom. The van der Waals surface area contributed by atoms with Gasteiger partial charge in [-0.25, -0.2) is 15.0 Å². The summed E-state index contributed by atoms with van der Waals surface area (Å²) in [7, 11) is 0. The van der Waals surface area contributed by atoms with E-state index in [9.17, 15) is 0 Å². The van der Waals surface area contributed by atoms with E-state index in [1.807, 2.05) is 54.6 Å². The van der Waals surface area contributed by atoms with Crippen LogP contribution in [0.3, 0.4) is 0 Å². The van der Waals surface area contributed by atoms with Gasteiger partial charge in [0, 0.05) is 17.5 Å². The van der Waals surface area contributed by atoms with Gasteiger partial charge in [-0.1, -0.05) is 91.0 Å². The third-order valence-corrected chi connectivity index (χ3v) is 6.09. The number of nitrogens with zero attached hydrogens (tertiary/aromatic N) is 3. The van der Waals surface area contributed by atoms with Gasteiger partial charge in [-0.2, -0.15) is 0 Å². The maximum atomic E-state index is 6.25. The molecule has 1 aromatic heterocycles. The van der Waals surface area contributed by atoms with Crippen LogP contribution in [0.4, 0.5) is 0 Å². The van der Waals surface area contributed by atoms with E-state index in [0.29, 0.717) is 17.5 Å². The van der Waals surface area contributed by atoms with Crippen molar-refractivity contribution >= 4 is 5.57 Å². The normalized spacial score (nSPS) is 16.7. The fourth-order valence-corrected chi connectivity index (χ4v) is 4.44. The summed E-state index contributed by atoms with van der Waals surface area (Å²) < 4.78 is 6.25. The number of hydrogen-bond donors (Lipinski definition) is 0. The average Bonchev–Trinajstić information content (AvgIpc) is 3.34. The van der Waals surface area contributed by atoms with Gasteiger partial charge in [0.1, 0.15) is 5.75 Å². The summed E-state index contributed by atoms with van der Waals surface area (Å²) in [5, 5.41) is 0. The van der Waals surface area contributed by atoms with Crippen molar-refractivity contribution in [2.24, 2.45) is 0 Å². The van der Waals surface area contributed by atoms with E-state index in [0.717, 1.165) is 41.7 Å². The maximum absolute atomic E-state index is 6.25. The van der Waals surface area contributed by atoms with E-state index >= 15 is 0 Å². The second kappa shape index (κ2) is 8.47. The van der Waals surface area contributed by atoms with Crippen LogP contribution >= 0.6 is 0 Å². The fraction of sp³-hybridized carbons (Fsp3) is 0.138. The molecule has 4 heteroatoms. The molecule has 1 aliphatic carbocycles. The standard InChI is InChI=1S/C29H23N3O/c1-3-11-20(12-4-1)23-16-8-9-17-24(23)28-30-27(21-13-5-2-6-14-21)31-29(32-28)26-19-22-15-7-10-18-25(22)33-26/h2-3,5-18,26H,1,4,19H2. The van der Waals surface area contributed by atoms with Gasteiger partial charge in [0.25, 0.3) is 0 Å². The summed E-state index contributed by atoms with van der Waals surface area (Å²) in [5.41, 5.74) is 5.51. The number of rotatable bonds is 4. The molecule has 0 N–H and O–H groups in total. The van der Waals surface area contributed by atoms with Crippen LogP contribution in [0, 0.1) is 0 Å². The number of fused-ring (bicyclic) bond motifs is 1. The van der Waals surface area contributed by atoms with Gasteiger partial charge < -0.3 is 4.74 Å². The Labute approximate surface area is 193 Å². The van der Waals surface area contributed by atoms with Gasteiger partial charge in [-0.3, -0.25) is 0 Å². The van der Waals surface area contributed by atoms with Gasteiger partial charge in [0.15, 0.2) is 23.6 Å². The minimum absolute atomic E-state index is 0.229. The Morgan fingerprint density at radius 3 is 2.27 bits per heavy atom. The molecule has 1 atom stereocenters. The molecule has 33 heavy (non-hydrogen) atoms. The molecule has 0 saturated heterocycles. The SMILES string of the molecule is C1=CC(c2ccccc2-c2nc(-c3ccccc3)nc(C3Cc4ccccc4O3)n2)=CCC1.